The number of nitrogens with one attached hydrogen (secondary N) is 1. The average molecular weight is 418 g/mol. The van der Waals surface area contributed by atoms with Gasteiger partial charge < -0.3 is 25.7 Å². The second kappa shape index (κ2) is 19.3. The van der Waals surface area contributed by atoms with Crippen molar-refractivity contribution in [2.24, 2.45) is 0 Å². The number of amides is 1. The summed E-state index contributed by atoms with van der Waals surface area (Å²) in [5, 5.41) is 42.0. The molecule has 0 saturated heterocycles. The van der Waals surface area contributed by atoms with E-state index in [0.717, 1.165) is 32.1 Å². The topological polar surface area (TPSA) is 110 Å². The lowest BCUT2D eigenvalue weighted by Gasteiger charge is -2.27. The minimum Gasteiger partial charge on any atom is -0.394 e. The fraction of sp³-hybridized carbons (Fsp3) is 0.957. The van der Waals surface area contributed by atoms with Gasteiger partial charge in [0, 0.05) is 0 Å². The summed E-state index contributed by atoms with van der Waals surface area (Å²) in [5.74, 6) is -0.599. The Kier molecular flexibility index (Phi) is 18.8. The van der Waals surface area contributed by atoms with Gasteiger partial charge in [0.1, 0.15) is 12.2 Å². The van der Waals surface area contributed by atoms with E-state index in [1.807, 2.05) is 6.92 Å². The van der Waals surface area contributed by atoms with Gasteiger partial charge in [-0.1, -0.05) is 97.3 Å². The molecular formula is C23H47NO5. The van der Waals surface area contributed by atoms with Crippen LogP contribution in [0.5, 0.6) is 0 Å². The molecule has 0 aliphatic rings. The quantitative estimate of drug-likeness (QED) is 0.195. The normalized spacial score (nSPS) is 15.7. The van der Waals surface area contributed by atoms with Gasteiger partial charge in [0.05, 0.1) is 18.8 Å². The fourth-order valence-corrected chi connectivity index (χ4v) is 3.50. The van der Waals surface area contributed by atoms with E-state index in [0.29, 0.717) is 12.8 Å². The predicted molar refractivity (Wildman–Crippen MR) is 118 cm³/mol. The van der Waals surface area contributed by atoms with Crippen LogP contribution in [0.15, 0.2) is 0 Å². The molecule has 5 N–H and O–H groups in total. The molecule has 0 spiro atoms. The highest BCUT2D eigenvalue weighted by Gasteiger charge is 2.28. The Morgan fingerprint density at radius 3 is 1.69 bits per heavy atom. The van der Waals surface area contributed by atoms with Crippen molar-refractivity contribution in [2.75, 3.05) is 6.61 Å². The van der Waals surface area contributed by atoms with Crippen molar-refractivity contribution in [1.29, 1.82) is 0 Å². The first kappa shape index (κ1) is 28.3. The van der Waals surface area contributed by atoms with Crippen molar-refractivity contribution in [1.82, 2.24) is 5.32 Å². The maximum atomic E-state index is 12.1. The third kappa shape index (κ3) is 14.9. The van der Waals surface area contributed by atoms with E-state index in [-0.39, 0.29) is 0 Å². The fourth-order valence-electron chi connectivity index (χ4n) is 3.50. The highest BCUT2D eigenvalue weighted by atomic mass is 16.3. The van der Waals surface area contributed by atoms with E-state index in [1.54, 1.807) is 0 Å². The van der Waals surface area contributed by atoms with Crippen LogP contribution < -0.4 is 5.32 Å². The van der Waals surface area contributed by atoms with Crippen LogP contribution in [-0.2, 0) is 4.79 Å². The number of aliphatic hydroxyl groups excluding tert-OH is 4. The van der Waals surface area contributed by atoms with E-state index >= 15 is 0 Å². The van der Waals surface area contributed by atoms with Gasteiger partial charge in [0.2, 0.25) is 5.91 Å². The zero-order chi connectivity index (χ0) is 21.9. The Bertz CT molecular complexity index is 380. The second-order valence-corrected chi connectivity index (χ2v) is 8.34. The van der Waals surface area contributed by atoms with E-state index in [4.69, 9.17) is 0 Å². The molecule has 29 heavy (non-hydrogen) atoms. The molecule has 6 heteroatoms. The number of rotatable bonds is 20. The van der Waals surface area contributed by atoms with Gasteiger partial charge in [0.15, 0.2) is 0 Å². The van der Waals surface area contributed by atoms with Crippen LogP contribution in [0.2, 0.25) is 0 Å². The molecule has 0 aromatic rings. The number of carbonyl (C=O) groups is 1. The summed E-state index contributed by atoms with van der Waals surface area (Å²) in [7, 11) is 0. The van der Waals surface area contributed by atoms with Crippen molar-refractivity contribution in [3.63, 3.8) is 0 Å². The van der Waals surface area contributed by atoms with Crippen LogP contribution in [-0.4, -0.2) is 57.3 Å². The lowest BCUT2D eigenvalue weighted by atomic mass is 10.0. The van der Waals surface area contributed by atoms with E-state index in [2.05, 4.69) is 12.2 Å². The van der Waals surface area contributed by atoms with Crippen LogP contribution in [0.3, 0.4) is 0 Å². The standard InChI is InChI=1S/C23H47NO5/c1-3-5-7-8-9-10-11-12-13-14-15-17-21(27)23(29)24-19(18-25)22(28)20(26)16-6-4-2/h19-22,25-28H,3-18H2,1-2H3,(H,24,29). The number of aliphatic hydroxyl groups is 4. The molecule has 0 aromatic heterocycles. The van der Waals surface area contributed by atoms with Gasteiger partial charge in [-0.15, -0.1) is 0 Å². The molecule has 4 atom stereocenters. The molecule has 0 aliphatic carbocycles. The highest BCUT2D eigenvalue weighted by Crippen LogP contribution is 2.13. The van der Waals surface area contributed by atoms with Crippen molar-refractivity contribution in [3.8, 4) is 0 Å². The van der Waals surface area contributed by atoms with Crippen LogP contribution in [0.4, 0.5) is 0 Å². The second-order valence-electron chi connectivity index (χ2n) is 8.34. The van der Waals surface area contributed by atoms with Gasteiger partial charge in [0.25, 0.3) is 0 Å². The first-order valence-electron chi connectivity index (χ1n) is 11.9. The Morgan fingerprint density at radius 2 is 1.21 bits per heavy atom. The number of carbonyl (C=O) groups excluding carboxylic acids is 1. The Hall–Kier alpha value is -0.690. The first-order chi connectivity index (χ1) is 14.0. The van der Waals surface area contributed by atoms with Gasteiger partial charge in [-0.2, -0.15) is 0 Å². The van der Waals surface area contributed by atoms with Crippen molar-refractivity contribution in [3.05, 3.63) is 0 Å². The molecule has 1 amide bonds. The highest BCUT2D eigenvalue weighted by molar-refractivity contribution is 5.80. The summed E-state index contributed by atoms with van der Waals surface area (Å²) < 4.78 is 0. The van der Waals surface area contributed by atoms with E-state index in [9.17, 15) is 25.2 Å². The molecule has 0 radical (unpaired) electrons. The summed E-state index contributed by atoms with van der Waals surface area (Å²) in [5.41, 5.74) is 0. The molecule has 0 fully saturated rings. The predicted octanol–water partition coefficient (Wildman–Crippen LogP) is 3.44. The minimum atomic E-state index is -1.25. The van der Waals surface area contributed by atoms with E-state index in [1.165, 1.54) is 51.4 Å². The Morgan fingerprint density at radius 1 is 0.724 bits per heavy atom. The molecule has 0 saturated carbocycles. The third-order valence-electron chi connectivity index (χ3n) is 5.57. The number of hydrogen-bond acceptors (Lipinski definition) is 5. The molecule has 174 valence electrons. The van der Waals surface area contributed by atoms with Gasteiger partial charge in [-0.25, -0.2) is 0 Å². The lowest BCUT2D eigenvalue weighted by molar-refractivity contribution is -0.132. The maximum Gasteiger partial charge on any atom is 0.249 e. The molecule has 0 heterocycles. The van der Waals surface area contributed by atoms with Crippen LogP contribution in [0.1, 0.15) is 110 Å². The first-order valence-corrected chi connectivity index (χ1v) is 11.9. The third-order valence-corrected chi connectivity index (χ3v) is 5.57. The minimum absolute atomic E-state index is 0.371. The molecule has 4 unspecified atom stereocenters. The smallest absolute Gasteiger partial charge is 0.249 e. The summed E-state index contributed by atoms with van der Waals surface area (Å²) >= 11 is 0. The maximum absolute atomic E-state index is 12.1. The lowest BCUT2D eigenvalue weighted by Crippen LogP contribution is -2.53. The monoisotopic (exact) mass is 417 g/mol. The Balaban J connectivity index is 3.86. The molecule has 0 aromatic carbocycles. The summed E-state index contributed by atoms with van der Waals surface area (Å²) in [6.07, 6.45) is 12.3. The molecule has 0 aliphatic heterocycles. The molecule has 0 rings (SSSR count). The largest absolute Gasteiger partial charge is 0.394 e. The van der Waals surface area contributed by atoms with Crippen molar-refractivity contribution < 1.29 is 25.2 Å². The van der Waals surface area contributed by atoms with Crippen molar-refractivity contribution >= 4 is 5.91 Å². The van der Waals surface area contributed by atoms with Gasteiger partial charge in [-0.3, -0.25) is 4.79 Å². The summed E-state index contributed by atoms with van der Waals surface area (Å²) in [6, 6.07) is -0.971. The molecule has 6 nitrogen and oxygen atoms in total. The van der Waals surface area contributed by atoms with Gasteiger partial charge in [-0.05, 0) is 12.8 Å². The molecular weight excluding hydrogens is 370 g/mol. The number of unbranched alkanes of at least 4 members (excludes halogenated alkanes) is 11. The van der Waals surface area contributed by atoms with E-state index < -0.39 is 36.9 Å². The van der Waals surface area contributed by atoms with Crippen LogP contribution in [0, 0.1) is 0 Å². The molecule has 0 bridgehead atoms. The average Bonchev–Trinajstić information content (AvgIpc) is 2.73. The number of hydrogen-bond donors (Lipinski definition) is 5. The zero-order valence-corrected chi connectivity index (χ0v) is 18.8. The van der Waals surface area contributed by atoms with Crippen LogP contribution in [0.25, 0.3) is 0 Å². The summed E-state index contributed by atoms with van der Waals surface area (Å²) in [4.78, 5) is 12.1. The van der Waals surface area contributed by atoms with Crippen LogP contribution >= 0.6 is 0 Å². The Labute approximate surface area is 178 Å². The van der Waals surface area contributed by atoms with Gasteiger partial charge >= 0.3 is 0 Å². The summed E-state index contributed by atoms with van der Waals surface area (Å²) in [6.45, 7) is 3.73. The zero-order valence-electron chi connectivity index (χ0n) is 18.8. The van der Waals surface area contributed by atoms with Crippen molar-refractivity contribution in [2.45, 2.75) is 135 Å². The SMILES string of the molecule is CCCCCCCCCCCCCC(O)C(=O)NC(CO)C(O)C(O)CCCC.